The molecule has 0 aliphatic rings. The number of carboxylic acids is 1. The fourth-order valence-corrected chi connectivity index (χ4v) is 2.29. The molecule has 1 unspecified atom stereocenters. The molecule has 5 nitrogen and oxygen atoms in total. The molecule has 2 atom stereocenters. The van der Waals surface area contributed by atoms with Crippen molar-refractivity contribution in [2.45, 2.75) is 58.5 Å². The third-order valence-electron chi connectivity index (χ3n) is 3.01. The van der Waals surface area contributed by atoms with Crippen LogP contribution in [0.1, 0.15) is 46.5 Å². The number of carbonyl (C=O) groups is 2. The molecule has 0 saturated carbocycles. The topological polar surface area (TPSA) is 78.4 Å². The summed E-state index contributed by atoms with van der Waals surface area (Å²) < 4.78 is 0. The number of amides is 2. The Hall–Kier alpha value is -0.910. The van der Waals surface area contributed by atoms with Gasteiger partial charge in [0.1, 0.15) is 6.04 Å². The summed E-state index contributed by atoms with van der Waals surface area (Å²) in [6.07, 6.45) is 5.46. The lowest BCUT2D eigenvalue weighted by atomic mass is 10.0. The Kier molecular flexibility index (Phi) is 10.3. The first-order chi connectivity index (χ1) is 9.36. The Morgan fingerprint density at radius 3 is 2.25 bits per heavy atom. The van der Waals surface area contributed by atoms with Gasteiger partial charge in [-0.3, -0.25) is 0 Å². The van der Waals surface area contributed by atoms with Crippen molar-refractivity contribution in [2.75, 3.05) is 12.0 Å². The van der Waals surface area contributed by atoms with Crippen LogP contribution >= 0.6 is 11.8 Å². The third kappa shape index (κ3) is 9.95. The quantitative estimate of drug-likeness (QED) is 0.580. The van der Waals surface area contributed by atoms with Gasteiger partial charge in [-0.2, -0.15) is 11.8 Å². The number of hydrogen-bond donors (Lipinski definition) is 3. The Morgan fingerprint density at radius 1 is 1.10 bits per heavy atom. The van der Waals surface area contributed by atoms with Crippen LogP contribution in [0.2, 0.25) is 0 Å². The van der Waals surface area contributed by atoms with Crippen molar-refractivity contribution in [3.05, 3.63) is 0 Å². The van der Waals surface area contributed by atoms with E-state index in [-0.39, 0.29) is 6.04 Å². The average molecular weight is 304 g/mol. The number of aliphatic carboxylic acids is 1. The van der Waals surface area contributed by atoms with Crippen LogP contribution in [0, 0.1) is 5.92 Å². The number of carbonyl (C=O) groups excluding carboxylic acids is 1. The van der Waals surface area contributed by atoms with Gasteiger partial charge in [0, 0.05) is 6.04 Å². The maximum absolute atomic E-state index is 11.7. The summed E-state index contributed by atoms with van der Waals surface area (Å²) in [6, 6.07) is -1.15. The van der Waals surface area contributed by atoms with Gasteiger partial charge in [-0.05, 0) is 37.7 Å². The van der Waals surface area contributed by atoms with Crippen molar-refractivity contribution >= 4 is 23.8 Å². The van der Waals surface area contributed by atoms with Crippen molar-refractivity contribution in [1.29, 1.82) is 0 Å². The van der Waals surface area contributed by atoms with E-state index in [2.05, 4.69) is 24.5 Å². The Bertz CT molecular complexity index is 298. The van der Waals surface area contributed by atoms with Crippen molar-refractivity contribution in [3.8, 4) is 0 Å². The molecule has 0 aromatic heterocycles. The minimum atomic E-state index is -0.985. The molecule has 0 aliphatic heterocycles. The van der Waals surface area contributed by atoms with Gasteiger partial charge >= 0.3 is 12.0 Å². The fraction of sp³-hybridized carbons (Fsp3) is 0.857. The molecule has 0 radical (unpaired) electrons. The van der Waals surface area contributed by atoms with Crippen molar-refractivity contribution in [3.63, 3.8) is 0 Å². The minimum Gasteiger partial charge on any atom is -0.480 e. The van der Waals surface area contributed by atoms with Gasteiger partial charge in [0.25, 0.3) is 0 Å². The SMILES string of the molecule is CSCC[C@H](NC(=O)NC(C)CCCC(C)C)C(=O)O. The molecule has 0 bridgehead atoms. The molecule has 0 heterocycles. The van der Waals surface area contributed by atoms with Gasteiger partial charge in [-0.25, -0.2) is 9.59 Å². The van der Waals surface area contributed by atoms with Crippen molar-refractivity contribution in [2.24, 2.45) is 5.92 Å². The molecule has 2 amide bonds. The van der Waals surface area contributed by atoms with Gasteiger partial charge in [0.05, 0.1) is 0 Å². The van der Waals surface area contributed by atoms with Crippen LogP contribution in [-0.2, 0) is 4.79 Å². The van der Waals surface area contributed by atoms with Gasteiger partial charge < -0.3 is 15.7 Å². The van der Waals surface area contributed by atoms with E-state index in [1.54, 1.807) is 11.8 Å². The van der Waals surface area contributed by atoms with E-state index in [0.717, 1.165) is 19.3 Å². The average Bonchev–Trinajstić information content (AvgIpc) is 2.33. The summed E-state index contributed by atoms with van der Waals surface area (Å²) in [5, 5.41) is 14.3. The Morgan fingerprint density at radius 2 is 1.75 bits per heavy atom. The summed E-state index contributed by atoms with van der Waals surface area (Å²) in [7, 11) is 0. The second-order valence-electron chi connectivity index (χ2n) is 5.52. The van der Waals surface area contributed by atoms with E-state index in [0.29, 0.717) is 18.1 Å². The first-order valence-corrected chi connectivity index (χ1v) is 8.55. The zero-order valence-corrected chi connectivity index (χ0v) is 13.8. The van der Waals surface area contributed by atoms with E-state index in [9.17, 15) is 9.59 Å². The van der Waals surface area contributed by atoms with Crippen LogP contribution in [0.4, 0.5) is 4.79 Å². The molecule has 0 aliphatic carbocycles. The monoisotopic (exact) mass is 304 g/mol. The first kappa shape index (κ1) is 19.1. The van der Waals surface area contributed by atoms with E-state index < -0.39 is 18.0 Å². The normalized spacial score (nSPS) is 13.8. The van der Waals surface area contributed by atoms with Gasteiger partial charge in [-0.15, -0.1) is 0 Å². The smallest absolute Gasteiger partial charge is 0.326 e. The maximum Gasteiger partial charge on any atom is 0.326 e. The molecule has 0 spiro atoms. The highest BCUT2D eigenvalue weighted by Gasteiger charge is 2.19. The van der Waals surface area contributed by atoms with Gasteiger partial charge in [0.15, 0.2) is 0 Å². The molecule has 0 fully saturated rings. The molecular formula is C14H28N2O3S. The molecule has 0 rings (SSSR count). The number of carboxylic acid groups (broad SMARTS) is 1. The highest BCUT2D eigenvalue weighted by molar-refractivity contribution is 7.98. The predicted octanol–water partition coefficient (Wildman–Crippen LogP) is 2.71. The highest BCUT2D eigenvalue weighted by atomic mass is 32.2. The summed E-state index contributed by atoms with van der Waals surface area (Å²) in [5.74, 6) is 0.391. The second kappa shape index (κ2) is 10.8. The van der Waals surface area contributed by atoms with E-state index in [4.69, 9.17) is 5.11 Å². The summed E-state index contributed by atoms with van der Waals surface area (Å²) in [6.45, 7) is 6.29. The van der Waals surface area contributed by atoms with Gasteiger partial charge in [0.2, 0.25) is 0 Å². The molecule has 0 aromatic carbocycles. The lowest BCUT2D eigenvalue weighted by molar-refractivity contribution is -0.139. The molecule has 0 aromatic rings. The summed E-state index contributed by atoms with van der Waals surface area (Å²) in [4.78, 5) is 22.8. The highest BCUT2D eigenvalue weighted by Crippen LogP contribution is 2.08. The number of thioether (sulfide) groups is 1. The van der Waals surface area contributed by atoms with Crippen LogP contribution in [-0.4, -0.2) is 41.2 Å². The van der Waals surface area contributed by atoms with Crippen molar-refractivity contribution < 1.29 is 14.7 Å². The zero-order chi connectivity index (χ0) is 15.5. The lowest BCUT2D eigenvalue weighted by Crippen LogP contribution is -2.48. The number of urea groups is 1. The third-order valence-corrected chi connectivity index (χ3v) is 3.65. The zero-order valence-electron chi connectivity index (χ0n) is 12.9. The largest absolute Gasteiger partial charge is 0.480 e. The summed E-state index contributed by atoms with van der Waals surface area (Å²) >= 11 is 1.57. The van der Waals surface area contributed by atoms with E-state index >= 15 is 0 Å². The van der Waals surface area contributed by atoms with Crippen LogP contribution in [0.15, 0.2) is 0 Å². The van der Waals surface area contributed by atoms with Crippen LogP contribution in [0.3, 0.4) is 0 Å². The summed E-state index contributed by atoms with van der Waals surface area (Å²) in [5.41, 5.74) is 0. The first-order valence-electron chi connectivity index (χ1n) is 7.15. The molecule has 118 valence electrons. The van der Waals surface area contributed by atoms with E-state index in [1.165, 1.54) is 0 Å². The van der Waals surface area contributed by atoms with Crippen molar-refractivity contribution in [1.82, 2.24) is 10.6 Å². The standard InChI is InChI=1S/C14H28N2O3S/c1-10(2)6-5-7-11(3)15-14(19)16-12(13(17)18)8-9-20-4/h10-12H,5-9H2,1-4H3,(H,17,18)(H2,15,16,19)/t11?,12-/m0/s1. The molecular weight excluding hydrogens is 276 g/mol. The van der Waals surface area contributed by atoms with Crippen LogP contribution in [0.5, 0.6) is 0 Å². The van der Waals surface area contributed by atoms with Gasteiger partial charge in [-0.1, -0.05) is 26.7 Å². The number of hydrogen-bond acceptors (Lipinski definition) is 3. The van der Waals surface area contributed by atoms with Crippen LogP contribution < -0.4 is 10.6 Å². The molecule has 20 heavy (non-hydrogen) atoms. The minimum absolute atomic E-state index is 0.0590. The molecule has 6 heteroatoms. The van der Waals surface area contributed by atoms with E-state index in [1.807, 2.05) is 13.2 Å². The number of rotatable bonds is 10. The molecule has 0 saturated heterocycles. The number of nitrogens with one attached hydrogen (secondary N) is 2. The predicted molar refractivity (Wildman–Crippen MR) is 84.2 cm³/mol. The lowest BCUT2D eigenvalue weighted by Gasteiger charge is -2.18. The second-order valence-corrected chi connectivity index (χ2v) is 6.50. The fourth-order valence-electron chi connectivity index (χ4n) is 1.82. The molecule has 3 N–H and O–H groups in total. The van der Waals surface area contributed by atoms with Crippen LogP contribution in [0.25, 0.3) is 0 Å². The maximum atomic E-state index is 11.7. The Balaban J connectivity index is 4.01. The Labute approximate surface area is 126 Å².